The van der Waals surface area contributed by atoms with Gasteiger partial charge >= 0.3 is 0 Å². The number of nitrogens with zero attached hydrogens (tertiary/aromatic N) is 2. The lowest BCUT2D eigenvalue weighted by molar-refractivity contribution is 0.303. The number of methoxy groups -OCH3 is 1. The van der Waals surface area contributed by atoms with Gasteiger partial charge in [-0.2, -0.15) is 0 Å². The maximum Gasteiger partial charge on any atom is 0.187 e. The van der Waals surface area contributed by atoms with E-state index in [2.05, 4.69) is 15.3 Å². The molecule has 1 aliphatic rings. The predicted octanol–water partition coefficient (Wildman–Crippen LogP) is 3.13. The van der Waals surface area contributed by atoms with Crippen LogP contribution in [0.1, 0.15) is 19.8 Å². The van der Waals surface area contributed by atoms with Gasteiger partial charge in [0.05, 0.1) is 13.2 Å². The first-order valence-corrected chi connectivity index (χ1v) is 7.21. The quantitative estimate of drug-likeness (QED) is 0.883. The molecule has 1 heterocycles. The predicted molar refractivity (Wildman–Crippen MR) is 81.8 cm³/mol. The summed E-state index contributed by atoms with van der Waals surface area (Å²) >= 11 is 0. The lowest BCUT2D eigenvalue weighted by Gasteiger charge is -2.13. The van der Waals surface area contributed by atoms with Crippen molar-refractivity contribution in [1.82, 2.24) is 9.97 Å². The Morgan fingerprint density at radius 3 is 2.86 bits per heavy atom. The molecule has 1 aromatic carbocycles. The van der Waals surface area contributed by atoms with Crippen LogP contribution in [0.25, 0.3) is 11.3 Å². The third kappa shape index (κ3) is 3.07. The molecule has 1 N–H and O–H groups in total. The molecule has 5 heteroatoms. The van der Waals surface area contributed by atoms with Gasteiger partial charge in [0.15, 0.2) is 11.6 Å². The van der Waals surface area contributed by atoms with Crippen LogP contribution < -0.4 is 14.8 Å². The van der Waals surface area contributed by atoms with Gasteiger partial charge in [-0.25, -0.2) is 9.97 Å². The van der Waals surface area contributed by atoms with Gasteiger partial charge in [-0.15, -0.1) is 0 Å². The van der Waals surface area contributed by atoms with Crippen LogP contribution in [0.2, 0.25) is 0 Å². The van der Waals surface area contributed by atoms with Gasteiger partial charge in [-0.05, 0) is 31.9 Å². The van der Waals surface area contributed by atoms with E-state index in [0.717, 1.165) is 36.4 Å². The minimum Gasteiger partial charge on any atom is -0.491 e. The van der Waals surface area contributed by atoms with Crippen molar-refractivity contribution in [3.8, 4) is 22.8 Å². The van der Waals surface area contributed by atoms with E-state index in [1.54, 1.807) is 13.4 Å². The second-order valence-corrected chi connectivity index (χ2v) is 4.98. The number of rotatable bonds is 6. The topological polar surface area (TPSA) is 56.3 Å². The average Bonchev–Trinajstić information content (AvgIpc) is 3.31. The van der Waals surface area contributed by atoms with Crippen LogP contribution in [0.5, 0.6) is 11.5 Å². The lowest BCUT2D eigenvalue weighted by Crippen LogP contribution is -2.04. The first-order chi connectivity index (χ1) is 10.3. The van der Waals surface area contributed by atoms with E-state index in [-0.39, 0.29) is 0 Å². The Hall–Kier alpha value is -2.30. The maximum absolute atomic E-state index is 5.84. The second kappa shape index (κ2) is 5.99. The molecular weight excluding hydrogens is 266 g/mol. The lowest BCUT2D eigenvalue weighted by atomic mass is 10.1. The molecule has 1 saturated carbocycles. The molecule has 0 amide bonds. The first-order valence-electron chi connectivity index (χ1n) is 7.21. The SMILES string of the molecule is CCNc1ncnc(-c2cccc(OC3CC3)c2)c1OC. The number of nitrogens with one attached hydrogen (secondary N) is 1. The second-order valence-electron chi connectivity index (χ2n) is 4.98. The van der Waals surface area contributed by atoms with Crippen LogP contribution in [0.4, 0.5) is 5.82 Å². The van der Waals surface area contributed by atoms with Gasteiger partial charge in [-0.1, -0.05) is 12.1 Å². The highest BCUT2D eigenvalue weighted by Gasteiger charge is 2.23. The molecule has 2 aromatic rings. The normalized spacial score (nSPS) is 13.8. The molecule has 0 radical (unpaired) electrons. The van der Waals surface area contributed by atoms with Crippen LogP contribution in [0.3, 0.4) is 0 Å². The van der Waals surface area contributed by atoms with Crippen molar-refractivity contribution in [2.75, 3.05) is 19.0 Å². The molecule has 0 bridgehead atoms. The molecule has 21 heavy (non-hydrogen) atoms. The molecule has 0 saturated heterocycles. The number of aromatic nitrogens is 2. The fourth-order valence-electron chi connectivity index (χ4n) is 2.16. The average molecular weight is 285 g/mol. The van der Waals surface area contributed by atoms with E-state index in [4.69, 9.17) is 9.47 Å². The van der Waals surface area contributed by atoms with Crippen LogP contribution in [-0.2, 0) is 0 Å². The number of benzene rings is 1. The Bertz CT molecular complexity index is 627. The van der Waals surface area contributed by atoms with E-state index in [1.165, 1.54) is 0 Å². The van der Waals surface area contributed by atoms with Gasteiger partial charge in [0.1, 0.15) is 17.8 Å². The summed E-state index contributed by atoms with van der Waals surface area (Å²) in [4.78, 5) is 8.59. The molecule has 1 aliphatic carbocycles. The van der Waals surface area contributed by atoms with Crippen molar-refractivity contribution in [3.63, 3.8) is 0 Å². The van der Waals surface area contributed by atoms with E-state index < -0.39 is 0 Å². The van der Waals surface area contributed by atoms with Crippen molar-refractivity contribution < 1.29 is 9.47 Å². The number of hydrogen-bond acceptors (Lipinski definition) is 5. The largest absolute Gasteiger partial charge is 0.491 e. The van der Waals surface area contributed by atoms with Crippen LogP contribution in [0, 0.1) is 0 Å². The molecule has 0 aliphatic heterocycles. The highest BCUT2D eigenvalue weighted by atomic mass is 16.5. The zero-order valence-electron chi connectivity index (χ0n) is 12.3. The van der Waals surface area contributed by atoms with E-state index in [0.29, 0.717) is 17.7 Å². The van der Waals surface area contributed by atoms with E-state index in [1.807, 2.05) is 31.2 Å². The summed E-state index contributed by atoms with van der Waals surface area (Å²) in [5.41, 5.74) is 1.73. The van der Waals surface area contributed by atoms with Crippen LogP contribution in [0.15, 0.2) is 30.6 Å². The minimum atomic E-state index is 0.380. The standard InChI is InChI=1S/C16H19N3O2/c1-3-17-16-15(20-2)14(18-10-19-16)11-5-4-6-13(9-11)21-12-7-8-12/h4-6,9-10,12H,3,7-8H2,1-2H3,(H,17,18,19). The Morgan fingerprint density at radius 2 is 2.14 bits per heavy atom. The molecule has 1 aromatic heterocycles. The summed E-state index contributed by atoms with van der Waals surface area (Å²) in [6, 6.07) is 7.95. The zero-order chi connectivity index (χ0) is 14.7. The summed E-state index contributed by atoms with van der Waals surface area (Å²) in [5, 5.41) is 3.19. The zero-order valence-corrected chi connectivity index (χ0v) is 12.3. The van der Waals surface area contributed by atoms with E-state index >= 15 is 0 Å². The minimum absolute atomic E-state index is 0.380. The molecule has 5 nitrogen and oxygen atoms in total. The highest BCUT2D eigenvalue weighted by molar-refractivity contribution is 5.73. The van der Waals surface area contributed by atoms with Crippen molar-refractivity contribution in [2.45, 2.75) is 25.9 Å². The van der Waals surface area contributed by atoms with Crippen molar-refractivity contribution >= 4 is 5.82 Å². The highest BCUT2D eigenvalue weighted by Crippen LogP contribution is 2.35. The van der Waals surface area contributed by atoms with Crippen molar-refractivity contribution in [1.29, 1.82) is 0 Å². The smallest absolute Gasteiger partial charge is 0.187 e. The van der Waals surface area contributed by atoms with Crippen molar-refractivity contribution in [3.05, 3.63) is 30.6 Å². The third-order valence-electron chi connectivity index (χ3n) is 3.29. The molecule has 110 valence electrons. The molecule has 1 fully saturated rings. The molecule has 0 spiro atoms. The van der Waals surface area contributed by atoms with Crippen LogP contribution >= 0.6 is 0 Å². The maximum atomic E-state index is 5.84. The summed E-state index contributed by atoms with van der Waals surface area (Å²) in [7, 11) is 1.63. The first kappa shape index (κ1) is 13.7. The third-order valence-corrected chi connectivity index (χ3v) is 3.29. The summed E-state index contributed by atoms with van der Waals surface area (Å²) in [6.45, 7) is 2.79. The van der Waals surface area contributed by atoms with Gasteiger partial charge in [-0.3, -0.25) is 0 Å². The molecule has 0 atom stereocenters. The number of hydrogen-bond donors (Lipinski definition) is 1. The summed E-state index contributed by atoms with van der Waals surface area (Å²) in [6.07, 6.45) is 4.21. The summed E-state index contributed by atoms with van der Waals surface area (Å²) < 4.78 is 11.3. The summed E-state index contributed by atoms with van der Waals surface area (Å²) in [5.74, 6) is 2.24. The van der Waals surface area contributed by atoms with Gasteiger partial charge in [0.25, 0.3) is 0 Å². The van der Waals surface area contributed by atoms with Crippen molar-refractivity contribution in [2.24, 2.45) is 0 Å². The number of anilines is 1. The molecule has 3 rings (SSSR count). The van der Waals surface area contributed by atoms with Gasteiger partial charge < -0.3 is 14.8 Å². The fourth-order valence-corrected chi connectivity index (χ4v) is 2.16. The number of ether oxygens (including phenoxy) is 2. The van der Waals surface area contributed by atoms with E-state index in [9.17, 15) is 0 Å². The Morgan fingerprint density at radius 1 is 1.29 bits per heavy atom. The monoisotopic (exact) mass is 285 g/mol. The fraction of sp³-hybridized carbons (Fsp3) is 0.375. The Kier molecular flexibility index (Phi) is 3.90. The molecular formula is C16H19N3O2. The Balaban J connectivity index is 1.96. The molecule has 0 unspecified atom stereocenters. The van der Waals surface area contributed by atoms with Gasteiger partial charge in [0.2, 0.25) is 0 Å². The van der Waals surface area contributed by atoms with Crippen LogP contribution in [-0.4, -0.2) is 29.7 Å². The van der Waals surface area contributed by atoms with Gasteiger partial charge in [0, 0.05) is 12.1 Å². The Labute approximate surface area is 124 Å².